The van der Waals surface area contributed by atoms with Gasteiger partial charge in [-0.15, -0.1) is 10.2 Å². The second-order valence-corrected chi connectivity index (χ2v) is 6.27. The molecule has 3 rings (SSSR count). The van der Waals surface area contributed by atoms with Crippen LogP contribution >= 0.6 is 11.6 Å². The number of rotatable bonds is 2. The lowest BCUT2D eigenvalue weighted by molar-refractivity contribution is 0.0352. The Morgan fingerprint density at radius 3 is 2.52 bits per heavy atom. The van der Waals surface area contributed by atoms with Crippen molar-refractivity contribution in [1.29, 1.82) is 0 Å². The van der Waals surface area contributed by atoms with E-state index in [4.69, 9.17) is 11.6 Å². The second kappa shape index (κ2) is 5.67. The van der Waals surface area contributed by atoms with Crippen molar-refractivity contribution in [2.24, 2.45) is 0 Å². The Bertz CT molecular complexity index is 510. The maximum absolute atomic E-state index is 11.4. The Morgan fingerprint density at radius 1 is 1.33 bits per heavy atom. The van der Waals surface area contributed by atoms with E-state index in [0.29, 0.717) is 11.2 Å². The van der Waals surface area contributed by atoms with Gasteiger partial charge in [0.05, 0.1) is 0 Å². The van der Waals surface area contributed by atoms with Crippen molar-refractivity contribution < 1.29 is 9.90 Å². The molecule has 0 saturated carbocycles. The molecule has 2 bridgehead atoms. The first-order valence-corrected chi connectivity index (χ1v) is 7.67. The van der Waals surface area contributed by atoms with Crippen molar-refractivity contribution in [2.45, 2.75) is 50.2 Å². The van der Waals surface area contributed by atoms with E-state index in [1.54, 1.807) is 11.0 Å². The molecule has 0 aromatic carbocycles. The number of nitrogens with zero attached hydrogens (tertiary/aromatic N) is 4. The third-order valence-electron chi connectivity index (χ3n) is 4.70. The minimum absolute atomic E-state index is 0.128. The minimum Gasteiger partial charge on any atom is -0.465 e. The molecule has 1 aromatic heterocycles. The Labute approximate surface area is 128 Å². The number of carboxylic acid groups (broad SMARTS) is 1. The van der Waals surface area contributed by atoms with Crippen LogP contribution in [0.4, 0.5) is 10.6 Å². The zero-order valence-electron chi connectivity index (χ0n) is 11.9. The summed E-state index contributed by atoms with van der Waals surface area (Å²) >= 11 is 5.77. The average Bonchev–Trinajstić information content (AvgIpc) is 2.45. The van der Waals surface area contributed by atoms with Gasteiger partial charge >= 0.3 is 6.09 Å². The Morgan fingerprint density at radius 2 is 2.00 bits per heavy atom. The second-order valence-electron chi connectivity index (χ2n) is 5.88. The molecule has 2 aliphatic rings. The molecule has 1 amide bonds. The van der Waals surface area contributed by atoms with E-state index in [1.807, 2.05) is 13.1 Å². The number of carbonyl (C=O) groups is 1. The van der Waals surface area contributed by atoms with Gasteiger partial charge in [-0.25, -0.2) is 4.79 Å². The van der Waals surface area contributed by atoms with E-state index in [0.717, 1.165) is 37.9 Å². The standard InChI is InChI=1S/C14H19ClN4O2/c1-18(13-6-5-12(15)16-17-13)11-7-9-3-2-4-10(8-11)19(9)14(20)21/h5-6,9-11H,2-4,7-8H2,1H3,(H,20,21)/t9-,10+,11-. The molecular weight excluding hydrogens is 292 g/mol. The Kier molecular flexibility index (Phi) is 3.89. The maximum Gasteiger partial charge on any atom is 0.407 e. The highest BCUT2D eigenvalue weighted by Gasteiger charge is 2.42. The minimum atomic E-state index is -0.780. The highest BCUT2D eigenvalue weighted by Crippen LogP contribution is 2.36. The summed E-state index contributed by atoms with van der Waals surface area (Å²) in [5.41, 5.74) is 0. The summed E-state index contributed by atoms with van der Waals surface area (Å²) in [4.78, 5) is 15.2. The lowest BCUT2D eigenvalue weighted by atomic mass is 9.81. The van der Waals surface area contributed by atoms with Gasteiger partial charge in [0.15, 0.2) is 11.0 Å². The summed E-state index contributed by atoms with van der Waals surface area (Å²) in [5.74, 6) is 0.784. The third-order valence-corrected chi connectivity index (χ3v) is 4.90. The van der Waals surface area contributed by atoms with Gasteiger partial charge in [-0.05, 0) is 44.2 Å². The number of anilines is 1. The van der Waals surface area contributed by atoms with Crippen molar-refractivity contribution in [3.05, 3.63) is 17.3 Å². The number of aromatic nitrogens is 2. The van der Waals surface area contributed by atoms with E-state index >= 15 is 0 Å². The summed E-state index contributed by atoms with van der Waals surface area (Å²) in [7, 11) is 1.99. The summed E-state index contributed by atoms with van der Waals surface area (Å²) in [6.45, 7) is 0. The molecular formula is C14H19ClN4O2. The molecule has 0 radical (unpaired) electrons. The molecule has 3 heterocycles. The van der Waals surface area contributed by atoms with Gasteiger partial charge in [0.1, 0.15) is 0 Å². The van der Waals surface area contributed by atoms with Gasteiger partial charge < -0.3 is 14.9 Å². The fourth-order valence-electron chi connectivity index (χ4n) is 3.67. The van der Waals surface area contributed by atoms with E-state index in [2.05, 4.69) is 15.1 Å². The molecule has 1 N–H and O–H groups in total. The molecule has 0 spiro atoms. The van der Waals surface area contributed by atoms with E-state index in [1.165, 1.54) is 0 Å². The van der Waals surface area contributed by atoms with Crippen molar-refractivity contribution in [1.82, 2.24) is 15.1 Å². The van der Waals surface area contributed by atoms with Crippen LogP contribution in [-0.4, -0.2) is 51.5 Å². The van der Waals surface area contributed by atoms with Gasteiger partial charge in [-0.3, -0.25) is 0 Å². The summed E-state index contributed by atoms with van der Waals surface area (Å²) in [6, 6.07) is 4.14. The summed E-state index contributed by atoms with van der Waals surface area (Å²) in [5, 5.41) is 17.8. The lowest BCUT2D eigenvalue weighted by Crippen LogP contribution is -2.58. The molecule has 114 valence electrons. The number of fused-ring (bicyclic) bond motifs is 2. The van der Waals surface area contributed by atoms with Crippen molar-refractivity contribution >= 4 is 23.5 Å². The van der Waals surface area contributed by atoms with Gasteiger partial charge in [-0.1, -0.05) is 11.6 Å². The first-order valence-electron chi connectivity index (χ1n) is 7.29. The van der Waals surface area contributed by atoms with Gasteiger partial charge in [-0.2, -0.15) is 0 Å². The first-order chi connectivity index (χ1) is 10.1. The van der Waals surface area contributed by atoms with Gasteiger partial charge in [0.25, 0.3) is 0 Å². The Balaban J connectivity index is 1.76. The number of hydrogen-bond donors (Lipinski definition) is 1. The monoisotopic (exact) mass is 310 g/mol. The molecule has 1 aromatic rings. The highest BCUT2D eigenvalue weighted by molar-refractivity contribution is 6.29. The predicted octanol–water partition coefficient (Wildman–Crippen LogP) is 2.63. The quantitative estimate of drug-likeness (QED) is 0.909. The van der Waals surface area contributed by atoms with Gasteiger partial charge in [0, 0.05) is 25.2 Å². The van der Waals surface area contributed by atoms with Crippen LogP contribution in [-0.2, 0) is 0 Å². The molecule has 2 aliphatic heterocycles. The molecule has 6 nitrogen and oxygen atoms in total. The lowest BCUT2D eigenvalue weighted by Gasteiger charge is -2.49. The molecule has 7 heteroatoms. The molecule has 0 unspecified atom stereocenters. The van der Waals surface area contributed by atoms with E-state index < -0.39 is 6.09 Å². The predicted molar refractivity (Wildman–Crippen MR) is 79.8 cm³/mol. The number of amides is 1. The van der Waals surface area contributed by atoms with Crippen molar-refractivity contribution in [3.8, 4) is 0 Å². The largest absolute Gasteiger partial charge is 0.465 e. The van der Waals surface area contributed by atoms with Gasteiger partial charge in [0.2, 0.25) is 0 Å². The molecule has 21 heavy (non-hydrogen) atoms. The Hall–Kier alpha value is -1.56. The molecule has 0 aliphatic carbocycles. The first kappa shape index (κ1) is 14.4. The zero-order valence-corrected chi connectivity index (χ0v) is 12.7. The normalized spacial score (nSPS) is 28.3. The topological polar surface area (TPSA) is 69.6 Å². The zero-order chi connectivity index (χ0) is 15.0. The third kappa shape index (κ3) is 2.77. The fraction of sp³-hybridized carbons (Fsp3) is 0.643. The van der Waals surface area contributed by atoms with E-state index in [9.17, 15) is 9.90 Å². The number of halogens is 1. The fourth-order valence-corrected chi connectivity index (χ4v) is 3.77. The average molecular weight is 311 g/mol. The van der Waals surface area contributed by atoms with E-state index in [-0.39, 0.29) is 12.1 Å². The summed E-state index contributed by atoms with van der Waals surface area (Å²) < 4.78 is 0. The highest BCUT2D eigenvalue weighted by atomic mass is 35.5. The maximum atomic E-state index is 11.4. The number of hydrogen-bond acceptors (Lipinski definition) is 4. The van der Waals surface area contributed by atoms with Crippen LogP contribution < -0.4 is 4.90 Å². The van der Waals surface area contributed by atoms with Crippen LogP contribution in [0.2, 0.25) is 5.15 Å². The smallest absolute Gasteiger partial charge is 0.407 e. The van der Waals surface area contributed by atoms with Crippen LogP contribution in [0.1, 0.15) is 32.1 Å². The van der Waals surface area contributed by atoms with Crippen LogP contribution in [0.25, 0.3) is 0 Å². The molecule has 2 fully saturated rings. The van der Waals surface area contributed by atoms with Crippen LogP contribution in [0.5, 0.6) is 0 Å². The van der Waals surface area contributed by atoms with Crippen LogP contribution in [0.15, 0.2) is 12.1 Å². The van der Waals surface area contributed by atoms with Crippen molar-refractivity contribution in [2.75, 3.05) is 11.9 Å². The van der Waals surface area contributed by atoms with Crippen LogP contribution in [0.3, 0.4) is 0 Å². The molecule has 2 saturated heterocycles. The van der Waals surface area contributed by atoms with Crippen LogP contribution in [0, 0.1) is 0 Å². The molecule has 3 atom stereocenters. The SMILES string of the molecule is CN(c1ccc(Cl)nn1)[C@@H]1C[C@H]2CCC[C@@H](C1)N2C(=O)O. The number of piperidine rings is 2. The van der Waals surface area contributed by atoms with Crippen molar-refractivity contribution in [3.63, 3.8) is 0 Å². The summed E-state index contributed by atoms with van der Waals surface area (Å²) in [6.07, 6.45) is 3.96.